The van der Waals surface area contributed by atoms with Crippen LogP contribution in [-0.4, -0.2) is 16.5 Å². The number of benzene rings is 2. The van der Waals surface area contributed by atoms with E-state index < -0.39 is 0 Å². The topological polar surface area (TPSA) is 37.8 Å². The molecule has 3 nitrogen and oxygen atoms in total. The van der Waals surface area contributed by atoms with E-state index in [2.05, 4.69) is 59.7 Å². The largest absolute Gasteiger partial charge is 0.369 e. The van der Waals surface area contributed by atoms with Crippen LogP contribution in [0.5, 0.6) is 0 Å². The third-order valence-corrected chi connectivity index (χ3v) is 3.67. The number of hydrogen-bond acceptors (Lipinski definition) is 3. The first kappa shape index (κ1) is 13.6. The van der Waals surface area contributed by atoms with Crippen LogP contribution in [-0.2, 0) is 0 Å². The normalized spacial score (nSPS) is 10.8. The van der Waals surface area contributed by atoms with Gasteiger partial charge in [0.15, 0.2) is 5.82 Å². The maximum absolute atomic E-state index is 4.74. The lowest BCUT2D eigenvalue weighted by atomic mass is 10.0. The summed E-state index contributed by atoms with van der Waals surface area (Å²) < 4.78 is 0. The lowest BCUT2D eigenvalue weighted by Crippen LogP contribution is -2.06. The van der Waals surface area contributed by atoms with E-state index in [4.69, 9.17) is 4.98 Å². The van der Waals surface area contributed by atoms with E-state index in [9.17, 15) is 0 Å². The molecule has 21 heavy (non-hydrogen) atoms. The van der Waals surface area contributed by atoms with Gasteiger partial charge in [0.1, 0.15) is 5.69 Å². The summed E-state index contributed by atoms with van der Waals surface area (Å²) in [6.07, 6.45) is 0. The van der Waals surface area contributed by atoms with Crippen LogP contribution in [0.25, 0.3) is 22.0 Å². The van der Waals surface area contributed by atoms with E-state index in [0.29, 0.717) is 0 Å². The Bertz CT molecular complexity index is 794. The quantitative estimate of drug-likeness (QED) is 0.773. The zero-order valence-electron chi connectivity index (χ0n) is 12.6. The van der Waals surface area contributed by atoms with E-state index in [1.165, 1.54) is 10.8 Å². The van der Waals surface area contributed by atoms with Crippen molar-refractivity contribution in [3.05, 3.63) is 53.9 Å². The van der Waals surface area contributed by atoms with Crippen molar-refractivity contribution in [3.63, 3.8) is 0 Å². The highest BCUT2D eigenvalue weighted by Crippen LogP contribution is 2.28. The predicted molar refractivity (Wildman–Crippen MR) is 88.6 cm³/mol. The van der Waals surface area contributed by atoms with Gasteiger partial charge in [0.2, 0.25) is 0 Å². The molecule has 0 aliphatic rings. The minimum atomic E-state index is 0.831. The third-order valence-electron chi connectivity index (χ3n) is 3.67. The molecule has 0 spiro atoms. The summed E-state index contributed by atoms with van der Waals surface area (Å²) in [5.74, 6) is 0.857. The van der Waals surface area contributed by atoms with Gasteiger partial charge in [-0.05, 0) is 37.6 Å². The molecule has 0 radical (unpaired) electrons. The molecule has 0 fully saturated rings. The van der Waals surface area contributed by atoms with Gasteiger partial charge in [0, 0.05) is 12.1 Å². The van der Waals surface area contributed by atoms with Crippen molar-refractivity contribution in [2.45, 2.75) is 20.8 Å². The molecular formula is C18H19N3. The van der Waals surface area contributed by atoms with Crippen molar-refractivity contribution in [2.75, 3.05) is 11.9 Å². The molecule has 1 N–H and O–H groups in total. The van der Waals surface area contributed by atoms with Gasteiger partial charge in [-0.2, -0.15) is 0 Å². The van der Waals surface area contributed by atoms with Crippen molar-refractivity contribution in [3.8, 4) is 11.3 Å². The first-order chi connectivity index (χ1) is 10.2. The van der Waals surface area contributed by atoms with Gasteiger partial charge >= 0.3 is 0 Å². The fourth-order valence-electron chi connectivity index (χ4n) is 2.43. The monoisotopic (exact) mass is 277 g/mol. The summed E-state index contributed by atoms with van der Waals surface area (Å²) in [7, 11) is 0. The van der Waals surface area contributed by atoms with Crippen molar-refractivity contribution >= 4 is 16.6 Å². The lowest BCUT2D eigenvalue weighted by molar-refractivity contribution is 1.03. The lowest BCUT2D eigenvalue weighted by Gasteiger charge is -2.12. The van der Waals surface area contributed by atoms with Gasteiger partial charge in [0.25, 0.3) is 0 Å². The fraction of sp³-hybridized carbons (Fsp3) is 0.222. The number of anilines is 1. The number of nitrogens with zero attached hydrogens (tertiary/aromatic N) is 2. The summed E-state index contributed by atoms with van der Waals surface area (Å²) in [5.41, 5.74) is 3.96. The number of fused-ring (bicyclic) bond motifs is 1. The SMILES string of the molecule is CCNc1nc(C)c(C)nc1-c1ccc2ccccc2c1. The summed E-state index contributed by atoms with van der Waals surface area (Å²) in [6.45, 7) is 6.90. The zero-order chi connectivity index (χ0) is 14.8. The van der Waals surface area contributed by atoms with Gasteiger partial charge in [-0.1, -0.05) is 36.4 Å². The Morgan fingerprint density at radius 2 is 1.62 bits per heavy atom. The van der Waals surface area contributed by atoms with E-state index in [1.54, 1.807) is 0 Å². The zero-order valence-corrected chi connectivity index (χ0v) is 12.6. The Morgan fingerprint density at radius 1 is 0.905 bits per heavy atom. The van der Waals surface area contributed by atoms with Gasteiger partial charge in [-0.3, -0.25) is 0 Å². The van der Waals surface area contributed by atoms with E-state index >= 15 is 0 Å². The van der Waals surface area contributed by atoms with E-state index in [1.807, 2.05) is 13.8 Å². The average molecular weight is 277 g/mol. The minimum Gasteiger partial charge on any atom is -0.369 e. The second kappa shape index (κ2) is 5.52. The summed E-state index contributed by atoms with van der Waals surface area (Å²) in [4.78, 5) is 9.39. The van der Waals surface area contributed by atoms with Crippen molar-refractivity contribution in [1.82, 2.24) is 9.97 Å². The molecule has 0 saturated carbocycles. The Labute approximate surface area is 125 Å². The number of hydrogen-bond donors (Lipinski definition) is 1. The Balaban J connectivity index is 2.18. The van der Waals surface area contributed by atoms with Gasteiger partial charge < -0.3 is 5.32 Å². The van der Waals surface area contributed by atoms with Crippen LogP contribution in [0.4, 0.5) is 5.82 Å². The fourth-order valence-corrected chi connectivity index (χ4v) is 2.43. The first-order valence-corrected chi connectivity index (χ1v) is 7.27. The molecule has 0 amide bonds. The van der Waals surface area contributed by atoms with E-state index in [-0.39, 0.29) is 0 Å². The molecule has 3 heteroatoms. The second-order valence-electron chi connectivity index (χ2n) is 5.18. The van der Waals surface area contributed by atoms with Crippen LogP contribution in [0.2, 0.25) is 0 Å². The molecule has 0 aliphatic heterocycles. The highest BCUT2D eigenvalue weighted by atomic mass is 15.0. The van der Waals surface area contributed by atoms with Crippen molar-refractivity contribution < 1.29 is 0 Å². The smallest absolute Gasteiger partial charge is 0.152 e. The highest BCUT2D eigenvalue weighted by molar-refractivity contribution is 5.88. The molecule has 3 aromatic rings. The highest BCUT2D eigenvalue weighted by Gasteiger charge is 2.11. The van der Waals surface area contributed by atoms with Crippen LogP contribution in [0, 0.1) is 13.8 Å². The van der Waals surface area contributed by atoms with Crippen molar-refractivity contribution in [1.29, 1.82) is 0 Å². The second-order valence-corrected chi connectivity index (χ2v) is 5.18. The molecule has 1 aromatic heterocycles. The van der Waals surface area contributed by atoms with Gasteiger partial charge in [-0.15, -0.1) is 0 Å². The van der Waals surface area contributed by atoms with E-state index in [0.717, 1.165) is 35.0 Å². The maximum atomic E-state index is 4.74. The maximum Gasteiger partial charge on any atom is 0.152 e. The number of rotatable bonds is 3. The molecule has 1 heterocycles. The summed E-state index contributed by atoms with van der Waals surface area (Å²) >= 11 is 0. The van der Waals surface area contributed by atoms with Gasteiger partial charge in [-0.25, -0.2) is 9.97 Å². The predicted octanol–water partition coefficient (Wildman–Crippen LogP) is 4.35. The average Bonchev–Trinajstić information content (AvgIpc) is 2.50. The molecule has 0 atom stereocenters. The Hall–Kier alpha value is -2.42. The Morgan fingerprint density at radius 3 is 2.38 bits per heavy atom. The van der Waals surface area contributed by atoms with Crippen molar-refractivity contribution in [2.24, 2.45) is 0 Å². The molecule has 2 aromatic carbocycles. The van der Waals surface area contributed by atoms with Crippen LogP contribution in [0.15, 0.2) is 42.5 Å². The molecule has 0 bridgehead atoms. The molecule has 3 rings (SSSR count). The number of aromatic nitrogens is 2. The van der Waals surface area contributed by atoms with Crippen LogP contribution >= 0.6 is 0 Å². The molecule has 0 unspecified atom stereocenters. The van der Waals surface area contributed by atoms with Crippen LogP contribution in [0.3, 0.4) is 0 Å². The summed E-state index contributed by atoms with van der Waals surface area (Å²) in [6, 6.07) is 14.8. The summed E-state index contributed by atoms with van der Waals surface area (Å²) in [5, 5.41) is 5.78. The van der Waals surface area contributed by atoms with Crippen LogP contribution in [0.1, 0.15) is 18.3 Å². The third kappa shape index (κ3) is 2.59. The minimum absolute atomic E-state index is 0.831. The standard InChI is InChI=1S/C18H19N3/c1-4-19-18-17(20-12(2)13(3)21-18)16-10-9-14-7-5-6-8-15(14)11-16/h5-11H,4H2,1-3H3,(H,19,21). The molecule has 106 valence electrons. The number of nitrogens with one attached hydrogen (secondary N) is 1. The van der Waals surface area contributed by atoms with Crippen LogP contribution < -0.4 is 5.32 Å². The molecule has 0 saturated heterocycles. The molecule has 0 aliphatic carbocycles. The Kier molecular flexibility index (Phi) is 3.57. The number of aryl methyl sites for hydroxylation is 2. The van der Waals surface area contributed by atoms with Gasteiger partial charge in [0.05, 0.1) is 11.4 Å². The first-order valence-electron chi connectivity index (χ1n) is 7.27. The molecular weight excluding hydrogens is 258 g/mol.